The van der Waals surface area contributed by atoms with Gasteiger partial charge < -0.3 is 4.74 Å². The minimum absolute atomic E-state index is 0.465. The largest absolute Gasteiger partial charge is 0.478 e. The number of hydrogen-bond donors (Lipinski definition) is 0. The molecule has 0 aliphatic rings. The van der Waals surface area contributed by atoms with Crippen molar-refractivity contribution < 1.29 is 4.74 Å². The summed E-state index contributed by atoms with van der Waals surface area (Å²) in [7, 11) is 1.58. The lowest BCUT2D eigenvalue weighted by molar-refractivity contribution is 0.394. The molecule has 0 bridgehead atoms. The molecule has 5 heteroatoms. The number of benzene rings is 1. The number of hydrogen-bond acceptors (Lipinski definition) is 4. The Morgan fingerprint density at radius 2 is 1.82 bits per heavy atom. The molecule has 3 rings (SSSR count). The van der Waals surface area contributed by atoms with Gasteiger partial charge in [0, 0.05) is 12.4 Å². The van der Waals surface area contributed by atoms with Crippen LogP contribution in [0.5, 0.6) is 5.88 Å². The molecule has 0 atom stereocenters. The zero-order chi connectivity index (χ0) is 11.7. The zero-order valence-electron chi connectivity index (χ0n) is 9.24. The van der Waals surface area contributed by atoms with Crippen molar-refractivity contribution in [1.82, 2.24) is 19.7 Å². The van der Waals surface area contributed by atoms with E-state index in [2.05, 4.69) is 15.1 Å². The van der Waals surface area contributed by atoms with Crippen LogP contribution in [0.3, 0.4) is 0 Å². The van der Waals surface area contributed by atoms with E-state index in [4.69, 9.17) is 4.74 Å². The van der Waals surface area contributed by atoms with Gasteiger partial charge in [-0.3, -0.25) is 0 Å². The number of ether oxygens (including phenoxy) is 1. The van der Waals surface area contributed by atoms with Crippen LogP contribution in [0.4, 0.5) is 0 Å². The third-order valence-electron chi connectivity index (χ3n) is 2.44. The van der Waals surface area contributed by atoms with Crippen molar-refractivity contribution in [2.75, 3.05) is 7.11 Å². The molecule has 0 fully saturated rings. The predicted octanol–water partition coefficient (Wildman–Crippen LogP) is 1.82. The van der Waals surface area contributed by atoms with E-state index < -0.39 is 0 Å². The Labute approximate surface area is 97.7 Å². The molecule has 17 heavy (non-hydrogen) atoms. The van der Waals surface area contributed by atoms with Gasteiger partial charge in [0.25, 0.3) is 5.88 Å². The molecule has 0 saturated carbocycles. The standard InChI is InChI=1S/C12H10N4O/c1-17-12-11(16-8-4-7-13-16)14-9-5-2-3-6-10(9)15-12/h2-8H,1H3. The molecule has 84 valence electrons. The molecular formula is C12H10N4O. The van der Waals surface area contributed by atoms with Crippen LogP contribution in [0, 0.1) is 0 Å². The highest BCUT2D eigenvalue weighted by Crippen LogP contribution is 2.21. The molecule has 0 radical (unpaired) electrons. The van der Waals surface area contributed by atoms with Gasteiger partial charge >= 0.3 is 0 Å². The minimum atomic E-state index is 0.465. The summed E-state index contributed by atoms with van der Waals surface area (Å²) < 4.78 is 6.88. The number of aromatic nitrogens is 4. The van der Waals surface area contributed by atoms with Crippen molar-refractivity contribution in [2.24, 2.45) is 0 Å². The normalized spacial score (nSPS) is 10.6. The third-order valence-corrected chi connectivity index (χ3v) is 2.44. The van der Waals surface area contributed by atoms with Gasteiger partial charge in [0.1, 0.15) is 0 Å². The lowest BCUT2D eigenvalue weighted by atomic mass is 10.3. The van der Waals surface area contributed by atoms with E-state index in [1.807, 2.05) is 30.3 Å². The van der Waals surface area contributed by atoms with E-state index in [0.29, 0.717) is 11.7 Å². The number of fused-ring (bicyclic) bond motifs is 1. The van der Waals surface area contributed by atoms with Crippen LogP contribution < -0.4 is 4.74 Å². The molecule has 5 nitrogen and oxygen atoms in total. The minimum Gasteiger partial charge on any atom is -0.478 e. The molecule has 0 amide bonds. The third kappa shape index (κ3) is 1.61. The van der Waals surface area contributed by atoms with Crippen molar-refractivity contribution in [3.63, 3.8) is 0 Å². The van der Waals surface area contributed by atoms with Gasteiger partial charge in [-0.25, -0.2) is 14.6 Å². The Bertz CT molecular complexity index is 649. The highest BCUT2D eigenvalue weighted by Gasteiger charge is 2.10. The summed E-state index contributed by atoms with van der Waals surface area (Å²) in [5.41, 5.74) is 1.62. The molecule has 0 aliphatic carbocycles. The second kappa shape index (κ2) is 3.86. The monoisotopic (exact) mass is 226 g/mol. The summed E-state index contributed by atoms with van der Waals surface area (Å²) in [5.74, 6) is 1.06. The summed E-state index contributed by atoms with van der Waals surface area (Å²) in [5, 5.41) is 4.14. The zero-order valence-corrected chi connectivity index (χ0v) is 9.24. The van der Waals surface area contributed by atoms with Crippen molar-refractivity contribution in [3.05, 3.63) is 42.7 Å². The first-order valence-corrected chi connectivity index (χ1v) is 5.19. The maximum absolute atomic E-state index is 5.24. The van der Waals surface area contributed by atoms with Crippen LogP contribution in [0.25, 0.3) is 16.9 Å². The van der Waals surface area contributed by atoms with Crippen LogP contribution in [0.1, 0.15) is 0 Å². The van der Waals surface area contributed by atoms with Gasteiger partial charge in [-0.15, -0.1) is 0 Å². The SMILES string of the molecule is COc1nc2ccccc2nc1-n1cccn1. The van der Waals surface area contributed by atoms with Crippen LogP contribution in [-0.2, 0) is 0 Å². The Morgan fingerprint density at radius 1 is 1.06 bits per heavy atom. The summed E-state index contributed by atoms with van der Waals surface area (Å²) in [6.07, 6.45) is 3.50. The van der Waals surface area contributed by atoms with E-state index >= 15 is 0 Å². The van der Waals surface area contributed by atoms with Gasteiger partial charge in [0.05, 0.1) is 18.1 Å². The molecular weight excluding hydrogens is 216 g/mol. The summed E-state index contributed by atoms with van der Waals surface area (Å²) in [6, 6.07) is 9.49. The van der Waals surface area contributed by atoms with E-state index in [-0.39, 0.29) is 0 Å². The first kappa shape index (κ1) is 9.77. The van der Waals surface area contributed by atoms with Crippen molar-refractivity contribution >= 4 is 11.0 Å². The maximum atomic E-state index is 5.24. The summed E-state index contributed by atoms with van der Waals surface area (Å²) in [6.45, 7) is 0. The van der Waals surface area contributed by atoms with E-state index in [0.717, 1.165) is 11.0 Å². The lowest BCUT2D eigenvalue weighted by Gasteiger charge is -2.07. The van der Waals surface area contributed by atoms with E-state index in [9.17, 15) is 0 Å². The maximum Gasteiger partial charge on any atom is 0.260 e. The van der Waals surface area contributed by atoms with Crippen LogP contribution in [-0.4, -0.2) is 26.9 Å². The fourth-order valence-electron chi connectivity index (χ4n) is 1.65. The fraction of sp³-hybridized carbons (Fsp3) is 0.0833. The molecule has 2 heterocycles. The first-order valence-electron chi connectivity index (χ1n) is 5.19. The number of methoxy groups -OCH3 is 1. The average molecular weight is 226 g/mol. The molecule has 3 aromatic rings. The second-order valence-electron chi connectivity index (χ2n) is 3.50. The van der Waals surface area contributed by atoms with Crippen molar-refractivity contribution in [1.29, 1.82) is 0 Å². The Morgan fingerprint density at radius 3 is 2.47 bits per heavy atom. The highest BCUT2D eigenvalue weighted by atomic mass is 16.5. The lowest BCUT2D eigenvalue weighted by Crippen LogP contribution is -2.04. The Hall–Kier alpha value is -2.43. The molecule has 0 saturated heterocycles. The average Bonchev–Trinajstić information content (AvgIpc) is 2.91. The number of para-hydroxylation sites is 2. The quantitative estimate of drug-likeness (QED) is 0.668. The topological polar surface area (TPSA) is 52.8 Å². The molecule has 0 spiro atoms. The molecule has 0 N–H and O–H groups in total. The number of nitrogens with zero attached hydrogens (tertiary/aromatic N) is 4. The van der Waals surface area contributed by atoms with Crippen LogP contribution in [0.15, 0.2) is 42.7 Å². The Balaban J connectivity index is 2.29. The fourth-order valence-corrected chi connectivity index (χ4v) is 1.65. The highest BCUT2D eigenvalue weighted by molar-refractivity contribution is 5.75. The van der Waals surface area contributed by atoms with Gasteiger partial charge in [0.15, 0.2) is 0 Å². The smallest absolute Gasteiger partial charge is 0.260 e. The molecule has 0 aliphatic heterocycles. The van der Waals surface area contributed by atoms with Crippen LogP contribution in [0.2, 0.25) is 0 Å². The molecule has 0 unspecified atom stereocenters. The summed E-state index contributed by atoms with van der Waals surface area (Å²) in [4.78, 5) is 8.91. The number of rotatable bonds is 2. The van der Waals surface area contributed by atoms with Gasteiger partial charge in [0.2, 0.25) is 5.82 Å². The predicted molar refractivity (Wildman–Crippen MR) is 63.2 cm³/mol. The summed E-state index contributed by atoms with van der Waals surface area (Å²) >= 11 is 0. The van der Waals surface area contributed by atoms with Gasteiger partial charge in [-0.05, 0) is 18.2 Å². The van der Waals surface area contributed by atoms with Crippen molar-refractivity contribution in [2.45, 2.75) is 0 Å². The van der Waals surface area contributed by atoms with E-state index in [1.165, 1.54) is 0 Å². The second-order valence-corrected chi connectivity index (χ2v) is 3.50. The first-order chi connectivity index (χ1) is 8.38. The van der Waals surface area contributed by atoms with E-state index in [1.54, 1.807) is 24.2 Å². The Kier molecular flexibility index (Phi) is 2.22. The van der Waals surface area contributed by atoms with Crippen LogP contribution >= 0.6 is 0 Å². The van der Waals surface area contributed by atoms with Gasteiger partial charge in [-0.1, -0.05) is 12.1 Å². The molecule has 1 aromatic carbocycles. The van der Waals surface area contributed by atoms with Gasteiger partial charge in [-0.2, -0.15) is 5.10 Å². The molecule has 2 aromatic heterocycles. The van der Waals surface area contributed by atoms with Crippen molar-refractivity contribution in [3.8, 4) is 11.7 Å².